The van der Waals surface area contributed by atoms with Crippen LogP contribution in [-0.2, 0) is 0 Å². The minimum atomic E-state index is 0.899. The highest BCUT2D eigenvalue weighted by Gasteiger charge is 2.01. The van der Waals surface area contributed by atoms with Crippen molar-refractivity contribution >= 4 is 0 Å². The molecule has 0 bridgehead atoms. The van der Waals surface area contributed by atoms with Crippen molar-refractivity contribution in [3.8, 4) is 22.6 Å². The van der Waals surface area contributed by atoms with Gasteiger partial charge in [-0.05, 0) is 135 Å². The smallest absolute Gasteiger partial charge is 0.127 e. The summed E-state index contributed by atoms with van der Waals surface area (Å²) in [6.07, 6.45) is 0. The second-order valence-electron chi connectivity index (χ2n) is 10.3. The molecule has 47 heavy (non-hydrogen) atoms. The highest BCUT2D eigenvalue weighted by atomic mass is 16.5. The summed E-state index contributed by atoms with van der Waals surface area (Å²) in [4.78, 5) is 0. The van der Waals surface area contributed by atoms with E-state index in [4.69, 9.17) is 4.74 Å². The van der Waals surface area contributed by atoms with E-state index in [9.17, 15) is 0 Å². The van der Waals surface area contributed by atoms with Crippen molar-refractivity contribution in [2.24, 2.45) is 0 Å². The molecule has 0 heterocycles. The zero-order valence-corrected chi connectivity index (χ0v) is 32.8. The van der Waals surface area contributed by atoms with Crippen LogP contribution >= 0.6 is 0 Å². The van der Waals surface area contributed by atoms with E-state index in [2.05, 4.69) is 140 Å². The molecule has 0 atom stereocenters. The lowest BCUT2D eigenvalue weighted by Crippen LogP contribution is -1.88. The van der Waals surface area contributed by atoms with Crippen molar-refractivity contribution in [3.63, 3.8) is 0 Å². The van der Waals surface area contributed by atoms with E-state index in [-0.39, 0.29) is 0 Å². The molecule has 5 aromatic rings. The third-order valence-electron chi connectivity index (χ3n) is 7.18. The van der Waals surface area contributed by atoms with Gasteiger partial charge in [0.15, 0.2) is 0 Å². The molecule has 5 rings (SSSR count). The molecule has 0 spiro atoms. The van der Waals surface area contributed by atoms with Gasteiger partial charge in [-0.1, -0.05) is 140 Å². The maximum absolute atomic E-state index is 5.85. The van der Waals surface area contributed by atoms with Crippen molar-refractivity contribution in [2.75, 3.05) is 0 Å². The summed E-state index contributed by atoms with van der Waals surface area (Å²) >= 11 is 0. The first kappa shape index (κ1) is 45.0. The summed E-state index contributed by atoms with van der Waals surface area (Å²) in [6, 6.07) is 37.6. The molecule has 5 aromatic carbocycles. The van der Waals surface area contributed by atoms with E-state index in [0.29, 0.717) is 0 Å². The topological polar surface area (TPSA) is 9.23 Å². The quantitative estimate of drug-likeness (QED) is 0.192. The molecule has 0 N–H and O–H groups in total. The molecule has 0 fully saturated rings. The monoisotopic (exact) mass is 635 g/mol. The van der Waals surface area contributed by atoms with Crippen LogP contribution in [0, 0.1) is 55.4 Å². The van der Waals surface area contributed by atoms with Crippen LogP contribution < -0.4 is 4.74 Å². The second-order valence-corrected chi connectivity index (χ2v) is 10.3. The highest BCUT2D eigenvalue weighted by Crippen LogP contribution is 2.25. The molecule has 0 amide bonds. The van der Waals surface area contributed by atoms with Crippen LogP contribution in [0.25, 0.3) is 11.1 Å². The normalized spacial score (nSPS) is 8.85. The molecule has 1 nitrogen and oxygen atoms in total. The van der Waals surface area contributed by atoms with Crippen LogP contribution in [0.2, 0.25) is 0 Å². The van der Waals surface area contributed by atoms with Gasteiger partial charge in [-0.3, -0.25) is 0 Å². The number of ether oxygens (including phenoxy) is 1. The van der Waals surface area contributed by atoms with Crippen molar-refractivity contribution in [1.29, 1.82) is 0 Å². The summed E-state index contributed by atoms with van der Waals surface area (Å²) in [5.41, 5.74) is 13.2. The predicted octanol–water partition coefficient (Wildman–Crippen LogP) is 15.1. The number of aryl methyl sites for hydroxylation is 8. The van der Waals surface area contributed by atoms with Crippen LogP contribution in [0.15, 0.2) is 109 Å². The van der Waals surface area contributed by atoms with Gasteiger partial charge < -0.3 is 4.74 Å². The Balaban J connectivity index is 0. The van der Waals surface area contributed by atoms with Gasteiger partial charge in [0.1, 0.15) is 11.5 Å². The first-order chi connectivity index (χ1) is 22.6. The maximum Gasteiger partial charge on any atom is 0.127 e. The second kappa shape index (κ2) is 27.1. The molecule has 0 saturated heterocycles. The summed E-state index contributed by atoms with van der Waals surface area (Å²) in [5, 5.41) is 0. The van der Waals surface area contributed by atoms with Crippen LogP contribution in [0.1, 0.15) is 99.9 Å². The number of hydrogen-bond acceptors (Lipinski definition) is 1. The SMILES string of the molecule is CC.CC.CC.CC.Cc1cc(C)c(C)cc1C.Cc1ccc(Oc2ccc(C)c(C)c2)cc1C.c1ccc(-c2ccccc2)cc1. The fourth-order valence-electron chi connectivity index (χ4n) is 4.06. The zero-order chi connectivity index (χ0) is 36.4. The van der Waals surface area contributed by atoms with Crippen molar-refractivity contribution in [1.82, 2.24) is 0 Å². The first-order valence-corrected chi connectivity index (χ1v) is 17.6. The summed E-state index contributed by atoms with van der Waals surface area (Å²) < 4.78 is 5.85. The lowest BCUT2D eigenvalue weighted by molar-refractivity contribution is 0.481. The number of benzene rings is 5. The van der Waals surface area contributed by atoms with Crippen LogP contribution in [0.5, 0.6) is 11.5 Å². The minimum Gasteiger partial charge on any atom is -0.457 e. The highest BCUT2D eigenvalue weighted by molar-refractivity contribution is 5.62. The van der Waals surface area contributed by atoms with E-state index < -0.39 is 0 Å². The van der Waals surface area contributed by atoms with E-state index >= 15 is 0 Å². The molecule has 0 unspecified atom stereocenters. The minimum absolute atomic E-state index is 0.899. The van der Waals surface area contributed by atoms with Crippen LogP contribution in [0.4, 0.5) is 0 Å². The lowest BCUT2D eigenvalue weighted by Gasteiger charge is -2.09. The molecule has 0 aromatic heterocycles. The van der Waals surface area contributed by atoms with Crippen molar-refractivity contribution < 1.29 is 4.74 Å². The van der Waals surface area contributed by atoms with Crippen LogP contribution in [0.3, 0.4) is 0 Å². The van der Waals surface area contributed by atoms with Gasteiger partial charge in [-0.15, -0.1) is 0 Å². The molecule has 0 saturated carbocycles. The Labute approximate surface area is 291 Å². The van der Waals surface area contributed by atoms with E-state index in [1.165, 1.54) is 55.6 Å². The van der Waals surface area contributed by atoms with Gasteiger partial charge in [0.25, 0.3) is 0 Å². The van der Waals surface area contributed by atoms with Crippen molar-refractivity contribution in [3.05, 3.63) is 154 Å². The van der Waals surface area contributed by atoms with Gasteiger partial charge in [-0.25, -0.2) is 0 Å². The standard InChI is InChI=1S/C16H18O.C12H10.C10H14.4C2H6/c1-11-5-7-15(9-13(11)3)17-16-8-6-12(2)14(4)10-16;1-3-7-11(8-4-1)12-9-5-2-6-10-12;1-7-5-9(3)10(4)6-8(7)2;4*1-2/h5-10H,1-4H3;1-10H;5-6H,1-4H3;4*1-2H3. The number of hydrogen-bond donors (Lipinski definition) is 0. The fourth-order valence-corrected chi connectivity index (χ4v) is 4.06. The number of rotatable bonds is 3. The van der Waals surface area contributed by atoms with Crippen LogP contribution in [-0.4, -0.2) is 0 Å². The van der Waals surface area contributed by atoms with E-state index in [1.807, 2.05) is 79.7 Å². The Bertz CT molecular complexity index is 1340. The van der Waals surface area contributed by atoms with Gasteiger partial charge >= 0.3 is 0 Å². The third kappa shape index (κ3) is 17.4. The molecule has 0 aliphatic rings. The average molecular weight is 635 g/mol. The molecular formula is C46H66O. The largest absolute Gasteiger partial charge is 0.457 e. The van der Waals surface area contributed by atoms with E-state index in [0.717, 1.165) is 11.5 Å². The zero-order valence-electron chi connectivity index (χ0n) is 32.8. The van der Waals surface area contributed by atoms with Gasteiger partial charge in [-0.2, -0.15) is 0 Å². The van der Waals surface area contributed by atoms with Crippen molar-refractivity contribution in [2.45, 2.75) is 111 Å². The Morgan fingerprint density at radius 2 is 0.532 bits per heavy atom. The first-order valence-electron chi connectivity index (χ1n) is 17.6. The molecule has 0 aliphatic heterocycles. The summed E-state index contributed by atoms with van der Waals surface area (Å²) in [7, 11) is 0. The molecular weight excluding hydrogens is 569 g/mol. The Morgan fingerprint density at radius 1 is 0.277 bits per heavy atom. The summed E-state index contributed by atoms with van der Waals surface area (Å²) in [6.45, 7) is 33.0. The average Bonchev–Trinajstić information content (AvgIpc) is 3.12. The Morgan fingerprint density at radius 3 is 0.787 bits per heavy atom. The van der Waals surface area contributed by atoms with Gasteiger partial charge in [0.2, 0.25) is 0 Å². The molecule has 0 aliphatic carbocycles. The third-order valence-corrected chi connectivity index (χ3v) is 7.18. The molecule has 1 heteroatoms. The maximum atomic E-state index is 5.85. The summed E-state index contributed by atoms with van der Waals surface area (Å²) in [5.74, 6) is 1.80. The molecule has 256 valence electrons. The van der Waals surface area contributed by atoms with Gasteiger partial charge in [0, 0.05) is 0 Å². The predicted molar refractivity (Wildman–Crippen MR) is 215 cm³/mol. The Hall–Kier alpha value is -4.10. The van der Waals surface area contributed by atoms with E-state index in [1.54, 1.807) is 0 Å². The fraction of sp³-hybridized carbons (Fsp3) is 0.348. The Kier molecular flexibility index (Phi) is 25.9. The van der Waals surface area contributed by atoms with Gasteiger partial charge in [0.05, 0.1) is 0 Å². The lowest BCUT2D eigenvalue weighted by atomic mass is 10.0. The molecule has 0 radical (unpaired) electrons.